The summed E-state index contributed by atoms with van der Waals surface area (Å²) in [6.45, 7) is 8.37. The van der Waals surface area contributed by atoms with Crippen LogP contribution in [0.1, 0.15) is 56.6 Å². The number of hydrogen-bond acceptors (Lipinski definition) is 7. The van der Waals surface area contributed by atoms with Crippen molar-refractivity contribution in [2.45, 2.75) is 52.7 Å². The molecule has 9 heteroatoms. The summed E-state index contributed by atoms with van der Waals surface area (Å²) in [5.41, 5.74) is 0.638. The van der Waals surface area contributed by atoms with Gasteiger partial charge in [-0.3, -0.25) is 9.59 Å². The molecule has 0 aliphatic heterocycles. The van der Waals surface area contributed by atoms with Crippen molar-refractivity contribution in [3.63, 3.8) is 0 Å². The molecule has 0 aliphatic carbocycles. The van der Waals surface area contributed by atoms with Crippen LogP contribution in [0.3, 0.4) is 0 Å². The molecule has 33 heavy (non-hydrogen) atoms. The van der Waals surface area contributed by atoms with Crippen LogP contribution in [-0.4, -0.2) is 42.1 Å². The van der Waals surface area contributed by atoms with Gasteiger partial charge >= 0.3 is 11.9 Å². The van der Waals surface area contributed by atoms with Crippen LogP contribution in [0.4, 0.5) is 4.39 Å². The first-order valence-electron chi connectivity index (χ1n) is 10.5. The lowest BCUT2D eigenvalue weighted by Gasteiger charge is -2.29. The van der Waals surface area contributed by atoms with Crippen molar-refractivity contribution in [2.24, 2.45) is 5.92 Å². The molecule has 1 heterocycles. The number of nitrogens with zero attached hydrogens (tertiary/aromatic N) is 1. The minimum Gasteiger partial charge on any atom is -0.493 e. The van der Waals surface area contributed by atoms with Gasteiger partial charge in [0.05, 0.1) is 7.11 Å². The fourth-order valence-corrected chi connectivity index (χ4v) is 3.56. The van der Waals surface area contributed by atoms with Gasteiger partial charge in [0.1, 0.15) is 18.0 Å². The van der Waals surface area contributed by atoms with Crippen LogP contribution in [0.2, 0.25) is 0 Å². The molecule has 8 nitrogen and oxygen atoms in total. The van der Waals surface area contributed by atoms with Crippen LogP contribution in [-0.2, 0) is 14.3 Å². The smallest absolute Gasteiger partial charge is 0.328 e. The van der Waals surface area contributed by atoms with Gasteiger partial charge < -0.3 is 19.5 Å². The summed E-state index contributed by atoms with van der Waals surface area (Å²) < 4.78 is 29.1. The zero-order chi connectivity index (χ0) is 24.7. The quantitative estimate of drug-likeness (QED) is 0.570. The Balaban J connectivity index is 2.13. The number of carbonyl (C=O) groups is 3. The number of nitrogens with one attached hydrogen (secondary N) is 1. The highest BCUT2D eigenvalue weighted by Gasteiger charge is 2.29. The summed E-state index contributed by atoms with van der Waals surface area (Å²) in [6, 6.07) is 6.49. The van der Waals surface area contributed by atoms with E-state index in [-0.39, 0.29) is 34.8 Å². The van der Waals surface area contributed by atoms with Gasteiger partial charge in [-0.15, -0.1) is 0 Å². The van der Waals surface area contributed by atoms with Gasteiger partial charge in [0.2, 0.25) is 5.75 Å². The normalized spacial score (nSPS) is 13.6. The fraction of sp³-hybridized carbons (Fsp3) is 0.417. The van der Waals surface area contributed by atoms with Crippen LogP contribution in [0.15, 0.2) is 36.5 Å². The maximum absolute atomic E-state index is 13.3. The van der Waals surface area contributed by atoms with E-state index in [0.717, 1.165) is 5.56 Å². The standard InChI is InChI=1S/C24H29FN2O6/c1-13(2)20(17-7-9-18(25)10-8-17)15(4)32-24(30)14(3)27-23(29)21-22(33-16(5)28)19(31-6)11-12-26-21/h7-15,20H,1-6H3,(H,27,29)/t14-,15?,20?/m0/s1. The van der Waals surface area contributed by atoms with Gasteiger partial charge in [0.15, 0.2) is 11.4 Å². The van der Waals surface area contributed by atoms with Crippen molar-refractivity contribution >= 4 is 17.8 Å². The number of halogens is 1. The van der Waals surface area contributed by atoms with Gasteiger partial charge in [-0.25, -0.2) is 14.2 Å². The molecule has 0 saturated heterocycles. The van der Waals surface area contributed by atoms with Gasteiger partial charge in [0, 0.05) is 25.1 Å². The summed E-state index contributed by atoms with van der Waals surface area (Å²) in [4.78, 5) is 40.8. The minimum atomic E-state index is -1.01. The maximum Gasteiger partial charge on any atom is 0.328 e. The molecular weight excluding hydrogens is 431 g/mol. The Hall–Kier alpha value is -3.49. The Morgan fingerprint density at radius 3 is 2.21 bits per heavy atom. The lowest BCUT2D eigenvalue weighted by molar-refractivity contribution is -0.151. The third kappa shape index (κ3) is 6.74. The molecule has 2 rings (SSSR count). The van der Waals surface area contributed by atoms with Crippen molar-refractivity contribution < 1.29 is 33.0 Å². The summed E-state index contributed by atoms with van der Waals surface area (Å²) in [7, 11) is 1.36. The molecule has 2 aromatic rings. The molecular formula is C24H29FN2O6. The maximum atomic E-state index is 13.3. The van der Waals surface area contributed by atoms with Crippen molar-refractivity contribution in [3.8, 4) is 11.5 Å². The van der Waals surface area contributed by atoms with E-state index in [9.17, 15) is 18.8 Å². The highest BCUT2D eigenvalue weighted by atomic mass is 19.1. The molecule has 0 spiro atoms. The number of methoxy groups -OCH3 is 1. The highest BCUT2D eigenvalue weighted by molar-refractivity contribution is 5.98. The number of esters is 2. The van der Waals surface area contributed by atoms with E-state index in [2.05, 4.69) is 10.3 Å². The lowest BCUT2D eigenvalue weighted by atomic mass is 9.84. The number of rotatable bonds is 9. The van der Waals surface area contributed by atoms with E-state index in [1.54, 1.807) is 19.1 Å². The summed E-state index contributed by atoms with van der Waals surface area (Å²) in [6.07, 6.45) is 0.788. The van der Waals surface area contributed by atoms with E-state index >= 15 is 0 Å². The SMILES string of the molecule is COc1ccnc(C(=O)N[C@@H](C)C(=O)OC(C)C(c2ccc(F)cc2)C(C)C)c1OC(C)=O. The molecule has 1 N–H and O–H groups in total. The Kier molecular flexibility index (Phi) is 8.90. The molecule has 0 fully saturated rings. The molecule has 3 atom stereocenters. The van der Waals surface area contributed by atoms with Crippen LogP contribution in [0.5, 0.6) is 11.5 Å². The first kappa shape index (κ1) is 25.8. The monoisotopic (exact) mass is 460 g/mol. The molecule has 0 aliphatic rings. The minimum absolute atomic E-state index is 0.107. The number of benzene rings is 1. The second kappa shape index (κ2) is 11.4. The number of carbonyl (C=O) groups excluding carboxylic acids is 3. The number of ether oxygens (including phenoxy) is 3. The van der Waals surface area contributed by atoms with Crippen LogP contribution < -0.4 is 14.8 Å². The van der Waals surface area contributed by atoms with Gasteiger partial charge in [-0.2, -0.15) is 0 Å². The second-order valence-corrected chi connectivity index (χ2v) is 7.94. The molecule has 0 saturated carbocycles. The number of pyridine rings is 1. The largest absolute Gasteiger partial charge is 0.493 e. The molecule has 2 unspecified atom stereocenters. The average Bonchev–Trinajstić information content (AvgIpc) is 2.74. The van der Waals surface area contributed by atoms with Crippen LogP contribution >= 0.6 is 0 Å². The molecule has 0 bridgehead atoms. The van der Waals surface area contributed by atoms with E-state index in [1.807, 2.05) is 13.8 Å². The summed E-state index contributed by atoms with van der Waals surface area (Å²) >= 11 is 0. The van der Waals surface area contributed by atoms with E-state index in [1.165, 1.54) is 45.4 Å². The van der Waals surface area contributed by atoms with Crippen molar-refractivity contribution in [1.29, 1.82) is 0 Å². The number of aromatic nitrogens is 1. The van der Waals surface area contributed by atoms with Gasteiger partial charge in [0.25, 0.3) is 5.91 Å². The Morgan fingerprint density at radius 2 is 1.67 bits per heavy atom. The third-order valence-corrected chi connectivity index (χ3v) is 5.03. The fourth-order valence-electron chi connectivity index (χ4n) is 3.56. The Labute approximate surface area is 192 Å². The third-order valence-electron chi connectivity index (χ3n) is 5.03. The summed E-state index contributed by atoms with van der Waals surface area (Å²) in [5, 5.41) is 2.51. The molecule has 1 aromatic heterocycles. The molecule has 1 aromatic carbocycles. The topological polar surface area (TPSA) is 104 Å². The number of amides is 1. The molecule has 0 radical (unpaired) electrons. The first-order chi connectivity index (χ1) is 15.5. The van der Waals surface area contributed by atoms with Crippen molar-refractivity contribution in [3.05, 3.63) is 53.6 Å². The Bertz CT molecular complexity index is 993. The van der Waals surface area contributed by atoms with Gasteiger partial charge in [-0.05, 0) is 37.5 Å². The van der Waals surface area contributed by atoms with E-state index < -0.39 is 30.0 Å². The highest BCUT2D eigenvalue weighted by Crippen LogP contribution is 2.31. The zero-order valence-electron chi connectivity index (χ0n) is 19.5. The van der Waals surface area contributed by atoms with Crippen LogP contribution in [0, 0.1) is 11.7 Å². The summed E-state index contributed by atoms with van der Waals surface area (Å²) in [5.74, 6) is -2.45. The van der Waals surface area contributed by atoms with Crippen molar-refractivity contribution in [1.82, 2.24) is 10.3 Å². The van der Waals surface area contributed by atoms with Gasteiger partial charge in [-0.1, -0.05) is 26.0 Å². The van der Waals surface area contributed by atoms with E-state index in [0.29, 0.717) is 0 Å². The molecule has 178 valence electrons. The lowest BCUT2D eigenvalue weighted by Crippen LogP contribution is -2.42. The van der Waals surface area contributed by atoms with E-state index in [4.69, 9.17) is 14.2 Å². The predicted molar refractivity (Wildman–Crippen MR) is 119 cm³/mol. The zero-order valence-corrected chi connectivity index (χ0v) is 19.5. The van der Waals surface area contributed by atoms with Crippen molar-refractivity contribution in [2.75, 3.05) is 7.11 Å². The predicted octanol–water partition coefficient (Wildman–Crippen LogP) is 3.64. The Morgan fingerprint density at radius 1 is 1.03 bits per heavy atom. The average molecular weight is 461 g/mol. The van der Waals surface area contributed by atoms with Crippen LogP contribution in [0.25, 0.3) is 0 Å². The first-order valence-corrected chi connectivity index (χ1v) is 10.5. The number of hydrogen-bond donors (Lipinski definition) is 1. The second-order valence-electron chi connectivity index (χ2n) is 7.94. The molecule has 1 amide bonds.